The highest BCUT2D eigenvalue weighted by Crippen LogP contribution is 2.18. The minimum absolute atomic E-state index is 0.0163. The van der Waals surface area contributed by atoms with E-state index in [4.69, 9.17) is 0 Å². The predicted molar refractivity (Wildman–Crippen MR) is 83.1 cm³/mol. The van der Waals surface area contributed by atoms with Crippen LogP contribution in [0.1, 0.15) is 46.1 Å². The van der Waals surface area contributed by atoms with Gasteiger partial charge in [-0.05, 0) is 30.5 Å². The second-order valence-electron chi connectivity index (χ2n) is 5.42. The molecule has 0 aliphatic carbocycles. The largest absolute Gasteiger partial charge is 0.310 e. The molecule has 1 rings (SSSR count). The smallest absolute Gasteiger partial charge is 0.241 e. The van der Waals surface area contributed by atoms with Crippen molar-refractivity contribution >= 4 is 10.0 Å². The van der Waals surface area contributed by atoms with Crippen molar-refractivity contribution in [1.29, 1.82) is 0 Å². The molecule has 0 spiro atoms. The Morgan fingerprint density at radius 2 is 1.81 bits per heavy atom. The lowest BCUT2D eigenvalue weighted by Gasteiger charge is -2.18. The average Bonchev–Trinajstić information content (AvgIpc) is 2.43. The van der Waals surface area contributed by atoms with Crippen molar-refractivity contribution in [3.63, 3.8) is 0 Å². The maximum Gasteiger partial charge on any atom is 0.241 e. The van der Waals surface area contributed by atoms with Gasteiger partial charge < -0.3 is 5.32 Å². The van der Waals surface area contributed by atoms with Gasteiger partial charge in [0.25, 0.3) is 0 Å². The van der Waals surface area contributed by atoms with Crippen molar-refractivity contribution in [2.75, 3.05) is 0 Å². The molecule has 4 nitrogen and oxygen atoms in total. The van der Waals surface area contributed by atoms with Gasteiger partial charge in [-0.15, -0.1) is 0 Å². The highest BCUT2D eigenvalue weighted by molar-refractivity contribution is 7.89. The van der Waals surface area contributed by atoms with Gasteiger partial charge in [0.05, 0.1) is 4.90 Å². The van der Waals surface area contributed by atoms with Crippen LogP contribution in [-0.4, -0.2) is 20.5 Å². The van der Waals surface area contributed by atoms with Crippen LogP contribution in [0.5, 0.6) is 0 Å². The second-order valence-corrected chi connectivity index (χ2v) is 7.10. The van der Waals surface area contributed by atoms with Crippen LogP contribution in [0.15, 0.2) is 23.1 Å². The fourth-order valence-corrected chi connectivity index (χ4v) is 3.63. The number of hydrogen-bond acceptors (Lipinski definition) is 3. The van der Waals surface area contributed by atoms with E-state index in [1.165, 1.54) is 12.1 Å². The van der Waals surface area contributed by atoms with Crippen LogP contribution in [0.4, 0.5) is 4.39 Å². The second kappa shape index (κ2) is 7.87. The van der Waals surface area contributed by atoms with Crippen LogP contribution in [0, 0.1) is 5.82 Å². The summed E-state index contributed by atoms with van der Waals surface area (Å²) in [7, 11) is -3.71. The molecule has 1 aromatic carbocycles. The molecule has 6 heteroatoms. The molecule has 120 valence electrons. The molecule has 0 radical (unpaired) electrons. The van der Waals surface area contributed by atoms with E-state index in [1.807, 2.05) is 27.7 Å². The summed E-state index contributed by atoms with van der Waals surface area (Å²) in [6, 6.07) is 3.98. The van der Waals surface area contributed by atoms with E-state index in [0.717, 1.165) is 6.07 Å². The number of hydrogen-bond donors (Lipinski definition) is 2. The Hall–Kier alpha value is -0.980. The zero-order chi connectivity index (χ0) is 16.0. The van der Waals surface area contributed by atoms with Gasteiger partial charge in [0, 0.05) is 18.6 Å². The standard InChI is InChI=1S/C15H25FN2O2S/c1-5-14(6-2)18-21(19,20)15-9-13(16)8-7-12(15)10-17-11(3)4/h7-9,11,14,17-18H,5-6,10H2,1-4H3. The van der Waals surface area contributed by atoms with Crippen molar-refractivity contribution in [3.05, 3.63) is 29.6 Å². The van der Waals surface area contributed by atoms with Crippen molar-refractivity contribution in [2.45, 2.75) is 64.1 Å². The average molecular weight is 316 g/mol. The Labute approximate surface area is 127 Å². The molecule has 0 fully saturated rings. The molecule has 0 heterocycles. The number of rotatable bonds is 8. The molecule has 0 saturated carbocycles. The van der Waals surface area contributed by atoms with Gasteiger partial charge in [0.2, 0.25) is 10.0 Å². The van der Waals surface area contributed by atoms with Crippen LogP contribution >= 0.6 is 0 Å². The molecule has 0 saturated heterocycles. The number of nitrogens with one attached hydrogen (secondary N) is 2. The first-order chi connectivity index (χ1) is 9.80. The fourth-order valence-electron chi connectivity index (χ4n) is 1.98. The first kappa shape index (κ1) is 18.1. The summed E-state index contributed by atoms with van der Waals surface area (Å²) in [6.07, 6.45) is 1.40. The van der Waals surface area contributed by atoms with Crippen LogP contribution in [0.2, 0.25) is 0 Å². The molecule has 0 aliphatic heterocycles. The van der Waals surface area contributed by atoms with Crippen molar-refractivity contribution in [2.24, 2.45) is 0 Å². The molecule has 0 atom stereocenters. The van der Waals surface area contributed by atoms with E-state index in [2.05, 4.69) is 10.0 Å². The zero-order valence-corrected chi connectivity index (χ0v) is 13.9. The number of benzene rings is 1. The van der Waals surface area contributed by atoms with Crippen LogP contribution in [0.25, 0.3) is 0 Å². The van der Waals surface area contributed by atoms with Gasteiger partial charge in [-0.2, -0.15) is 0 Å². The molecule has 0 unspecified atom stereocenters. The molecule has 21 heavy (non-hydrogen) atoms. The highest BCUT2D eigenvalue weighted by Gasteiger charge is 2.22. The molecule has 0 amide bonds. The van der Waals surface area contributed by atoms with Crippen LogP contribution < -0.4 is 10.0 Å². The van der Waals surface area contributed by atoms with Crippen LogP contribution in [0.3, 0.4) is 0 Å². The molecule has 0 bridgehead atoms. The Kier molecular flexibility index (Phi) is 6.77. The predicted octanol–water partition coefficient (Wildman–Crippen LogP) is 2.79. The normalized spacial score (nSPS) is 12.3. The van der Waals surface area contributed by atoms with Crippen molar-refractivity contribution in [3.8, 4) is 0 Å². The van der Waals surface area contributed by atoms with Crippen LogP contribution in [-0.2, 0) is 16.6 Å². The van der Waals surface area contributed by atoms with Gasteiger partial charge >= 0.3 is 0 Å². The Morgan fingerprint density at radius 3 is 2.33 bits per heavy atom. The lowest BCUT2D eigenvalue weighted by molar-refractivity contribution is 0.525. The molecular formula is C15H25FN2O2S. The maximum absolute atomic E-state index is 13.5. The lowest BCUT2D eigenvalue weighted by Crippen LogP contribution is -2.35. The SMILES string of the molecule is CCC(CC)NS(=O)(=O)c1cc(F)ccc1CNC(C)C. The molecular weight excluding hydrogens is 291 g/mol. The summed E-state index contributed by atoms with van der Waals surface area (Å²) < 4.78 is 41.1. The summed E-state index contributed by atoms with van der Waals surface area (Å²) >= 11 is 0. The Balaban J connectivity index is 3.11. The minimum Gasteiger partial charge on any atom is -0.310 e. The van der Waals surface area contributed by atoms with E-state index in [1.54, 1.807) is 0 Å². The Bertz CT molecular complexity index is 555. The van der Waals surface area contributed by atoms with Gasteiger partial charge in [-0.3, -0.25) is 0 Å². The molecule has 0 aliphatic rings. The minimum atomic E-state index is -3.71. The summed E-state index contributed by atoms with van der Waals surface area (Å²) in [5, 5.41) is 3.16. The fraction of sp³-hybridized carbons (Fsp3) is 0.600. The van der Waals surface area contributed by atoms with Gasteiger partial charge in [-0.25, -0.2) is 17.5 Å². The molecule has 1 aromatic rings. The Morgan fingerprint density at radius 1 is 1.19 bits per heavy atom. The summed E-state index contributed by atoms with van der Waals surface area (Å²) in [4.78, 5) is 0.0163. The maximum atomic E-state index is 13.5. The number of halogens is 1. The van der Waals surface area contributed by atoms with Crippen molar-refractivity contribution in [1.82, 2.24) is 10.0 Å². The highest BCUT2D eigenvalue weighted by atomic mass is 32.2. The quantitative estimate of drug-likeness (QED) is 0.775. The van der Waals surface area contributed by atoms with Gasteiger partial charge in [-0.1, -0.05) is 33.8 Å². The summed E-state index contributed by atoms with van der Waals surface area (Å²) in [5.74, 6) is -0.548. The first-order valence-electron chi connectivity index (χ1n) is 7.34. The summed E-state index contributed by atoms with van der Waals surface area (Å²) in [5.41, 5.74) is 0.573. The van der Waals surface area contributed by atoms with Gasteiger partial charge in [0.1, 0.15) is 5.82 Å². The van der Waals surface area contributed by atoms with E-state index in [9.17, 15) is 12.8 Å². The number of sulfonamides is 1. The van der Waals surface area contributed by atoms with E-state index in [-0.39, 0.29) is 17.0 Å². The first-order valence-corrected chi connectivity index (χ1v) is 8.82. The van der Waals surface area contributed by atoms with E-state index in [0.29, 0.717) is 24.9 Å². The lowest BCUT2D eigenvalue weighted by atomic mass is 10.2. The third kappa shape index (κ3) is 5.37. The monoisotopic (exact) mass is 316 g/mol. The zero-order valence-electron chi connectivity index (χ0n) is 13.1. The van der Waals surface area contributed by atoms with Gasteiger partial charge in [0.15, 0.2) is 0 Å². The van der Waals surface area contributed by atoms with E-state index >= 15 is 0 Å². The topological polar surface area (TPSA) is 58.2 Å². The van der Waals surface area contributed by atoms with E-state index < -0.39 is 15.8 Å². The summed E-state index contributed by atoms with van der Waals surface area (Å²) in [6.45, 7) is 8.17. The molecule has 2 N–H and O–H groups in total. The third-order valence-corrected chi connectivity index (χ3v) is 4.93. The van der Waals surface area contributed by atoms with Crippen molar-refractivity contribution < 1.29 is 12.8 Å². The third-order valence-electron chi connectivity index (χ3n) is 3.33. The molecule has 0 aromatic heterocycles.